The van der Waals surface area contributed by atoms with E-state index in [1.165, 1.54) is 0 Å². The minimum Gasteiger partial charge on any atom is -0.392 e. The summed E-state index contributed by atoms with van der Waals surface area (Å²) in [6, 6.07) is 11.8. The third-order valence-electron chi connectivity index (χ3n) is 2.72. The molecular formula is C14H11N3O. The summed E-state index contributed by atoms with van der Waals surface area (Å²) in [4.78, 5) is 12.9. The van der Waals surface area contributed by atoms with Crippen LogP contribution in [0.2, 0.25) is 0 Å². The second-order valence-corrected chi connectivity index (χ2v) is 3.96. The molecule has 1 N–H and O–H groups in total. The van der Waals surface area contributed by atoms with Crippen molar-refractivity contribution < 1.29 is 5.11 Å². The van der Waals surface area contributed by atoms with Crippen LogP contribution in [0.1, 0.15) is 5.56 Å². The summed E-state index contributed by atoms with van der Waals surface area (Å²) < 4.78 is 0. The van der Waals surface area contributed by atoms with Gasteiger partial charge in [0, 0.05) is 23.3 Å². The molecule has 0 aliphatic carbocycles. The van der Waals surface area contributed by atoms with Gasteiger partial charge in [-0.15, -0.1) is 0 Å². The average Bonchev–Trinajstić information content (AvgIpc) is 2.47. The summed E-state index contributed by atoms with van der Waals surface area (Å²) >= 11 is 0. The van der Waals surface area contributed by atoms with Crippen molar-refractivity contribution in [3.63, 3.8) is 0 Å². The molecule has 2 aromatic heterocycles. The van der Waals surface area contributed by atoms with Gasteiger partial charge < -0.3 is 5.11 Å². The minimum atomic E-state index is -0.0502. The largest absolute Gasteiger partial charge is 0.392 e. The molecule has 18 heavy (non-hydrogen) atoms. The van der Waals surface area contributed by atoms with Gasteiger partial charge in [0.1, 0.15) is 5.69 Å². The number of para-hydroxylation sites is 1. The standard InChI is InChI=1S/C14H11N3O/c18-9-10-7-15-14(16-8-10)13-6-5-11-3-1-2-4-12(11)17-13/h1-8,18H,9H2. The van der Waals surface area contributed by atoms with E-state index in [1.807, 2.05) is 36.4 Å². The molecule has 4 heteroatoms. The van der Waals surface area contributed by atoms with Crippen LogP contribution in [0.25, 0.3) is 22.4 Å². The molecule has 0 spiro atoms. The van der Waals surface area contributed by atoms with Crippen LogP contribution in [0, 0.1) is 0 Å². The number of aliphatic hydroxyl groups is 1. The van der Waals surface area contributed by atoms with Gasteiger partial charge >= 0.3 is 0 Å². The van der Waals surface area contributed by atoms with E-state index < -0.39 is 0 Å². The molecule has 0 unspecified atom stereocenters. The predicted octanol–water partition coefficient (Wildman–Crippen LogP) is 2.18. The van der Waals surface area contributed by atoms with Gasteiger partial charge in [0.25, 0.3) is 0 Å². The lowest BCUT2D eigenvalue weighted by Gasteiger charge is -2.02. The van der Waals surface area contributed by atoms with Crippen LogP contribution in [0.3, 0.4) is 0 Å². The molecule has 4 nitrogen and oxygen atoms in total. The zero-order valence-corrected chi connectivity index (χ0v) is 9.61. The van der Waals surface area contributed by atoms with E-state index in [1.54, 1.807) is 12.4 Å². The van der Waals surface area contributed by atoms with Crippen LogP contribution in [-0.2, 0) is 6.61 Å². The van der Waals surface area contributed by atoms with Crippen molar-refractivity contribution in [2.45, 2.75) is 6.61 Å². The van der Waals surface area contributed by atoms with Gasteiger partial charge in [0.05, 0.1) is 12.1 Å². The third kappa shape index (κ3) is 1.94. The first-order valence-electron chi connectivity index (χ1n) is 5.65. The summed E-state index contributed by atoms with van der Waals surface area (Å²) in [5, 5.41) is 10.0. The Kier molecular flexibility index (Phi) is 2.70. The number of hydrogen-bond donors (Lipinski definition) is 1. The molecule has 2 heterocycles. The quantitative estimate of drug-likeness (QED) is 0.742. The fraction of sp³-hybridized carbons (Fsp3) is 0.0714. The average molecular weight is 237 g/mol. The van der Waals surface area contributed by atoms with E-state index in [4.69, 9.17) is 5.11 Å². The zero-order valence-electron chi connectivity index (χ0n) is 9.61. The summed E-state index contributed by atoms with van der Waals surface area (Å²) in [5.41, 5.74) is 2.35. The van der Waals surface area contributed by atoms with Crippen LogP contribution in [0.15, 0.2) is 48.8 Å². The summed E-state index contributed by atoms with van der Waals surface area (Å²) in [6.45, 7) is -0.0502. The maximum atomic E-state index is 8.94. The second kappa shape index (κ2) is 4.50. The SMILES string of the molecule is OCc1cnc(-c2ccc3ccccc3n2)nc1. The molecule has 0 atom stereocenters. The Balaban J connectivity index is 2.07. The first-order valence-corrected chi connectivity index (χ1v) is 5.65. The van der Waals surface area contributed by atoms with Crippen LogP contribution in [0.5, 0.6) is 0 Å². The lowest BCUT2D eigenvalue weighted by atomic mass is 10.2. The van der Waals surface area contributed by atoms with Crippen LogP contribution < -0.4 is 0 Å². The number of fused-ring (bicyclic) bond motifs is 1. The molecule has 0 aliphatic heterocycles. The third-order valence-corrected chi connectivity index (χ3v) is 2.72. The second-order valence-electron chi connectivity index (χ2n) is 3.96. The Labute approximate surface area is 104 Å². The molecule has 0 saturated heterocycles. The van der Waals surface area contributed by atoms with Gasteiger partial charge in [-0.3, -0.25) is 0 Å². The molecule has 0 fully saturated rings. The number of benzene rings is 1. The highest BCUT2D eigenvalue weighted by Gasteiger charge is 2.04. The minimum absolute atomic E-state index is 0.0502. The Morgan fingerprint density at radius 3 is 2.50 bits per heavy atom. The maximum Gasteiger partial charge on any atom is 0.178 e. The topological polar surface area (TPSA) is 58.9 Å². The van der Waals surface area contributed by atoms with E-state index >= 15 is 0 Å². The molecule has 1 aromatic carbocycles. The molecule has 88 valence electrons. The van der Waals surface area contributed by atoms with E-state index in [9.17, 15) is 0 Å². The Hall–Kier alpha value is -2.33. The molecule has 0 amide bonds. The highest BCUT2D eigenvalue weighted by atomic mass is 16.3. The lowest BCUT2D eigenvalue weighted by Crippen LogP contribution is -1.94. The van der Waals surface area contributed by atoms with E-state index in [-0.39, 0.29) is 6.61 Å². The van der Waals surface area contributed by atoms with Gasteiger partial charge in [0.2, 0.25) is 0 Å². The van der Waals surface area contributed by atoms with Gasteiger partial charge in [-0.25, -0.2) is 15.0 Å². The van der Waals surface area contributed by atoms with Gasteiger partial charge in [-0.1, -0.05) is 24.3 Å². The van der Waals surface area contributed by atoms with Crippen LogP contribution >= 0.6 is 0 Å². The fourth-order valence-electron chi connectivity index (χ4n) is 1.76. The van der Waals surface area contributed by atoms with Crippen LogP contribution in [0.4, 0.5) is 0 Å². The number of hydrogen-bond acceptors (Lipinski definition) is 4. The monoisotopic (exact) mass is 237 g/mol. The van der Waals surface area contributed by atoms with Crippen molar-refractivity contribution in [2.24, 2.45) is 0 Å². The maximum absolute atomic E-state index is 8.94. The first kappa shape index (κ1) is 10.8. The zero-order chi connectivity index (χ0) is 12.4. The number of nitrogens with zero attached hydrogens (tertiary/aromatic N) is 3. The fourth-order valence-corrected chi connectivity index (χ4v) is 1.76. The molecule has 0 saturated carbocycles. The van der Waals surface area contributed by atoms with Crippen LogP contribution in [-0.4, -0.2) is 20.1 Å². The van der Waals surface area contributed by atoms with E-state index in [2.05, 4.69) is 15.0 Å². The highest BCUT2D eigenvalue weighted by Crippen LogP contribution is 2.17. The Morgan fingerprint density at radius 1 is 0.944 bits per heavy atom. The van der Waals surface area contributed by atoms with Gasteiger partial charge in [-0.05, 0) is 12.1 Å². The van der Waals surface area contributed by atoms with Crippen molar-refractivity contribution >= 4 is 10.9 Å². The molecule has 0 radical (unpaired) electrons. The summed E-state index contributed by atoms with van der Waals surface area (Å²) in [6.07, 6.45) is 3.22. The number of pyridine rings is 1. The van der Waals surface area contributed by atoms with E-state index in [0.29, 0.717) is 11.4 Å². The molecule has 3 aromatic rings. The Bertz CT molecular complexity index is 680. The van der Waals surface area contributed by atoms with Crippen molar-refractivity contribution in [3.05, 3.63) is 54.4 Å². The normalized spacial score (nSPS) is 10.7. The summed E-state index contributed by atoms with van der Waals surface area (Å²) in [7, 11) is 0. The number of rotatable bonds is 2. The molecule has 3 rings (SSSR count). The first-order chi connectivity index (χ1) is 8.86. The van der Waals surface area contributed by atoms with Gasteiger partial charge in [0.15, 0.2) is 5.82 Å². The van der Waals surface area contributed by atoms with E-state index in [0.717, 1.165) is 16.6 Å². The van der Waals surface area contributed by atoms with Crippen molar-refractivity contribution in [2.75, 3.05) is 0 Å². The predicted molar refractivity (Wildman–Crippen MR) is 68.7 cm³/mol. The number of aliphatic hydroxyl groups excluding tert-OH is 1. The van der Waals surface area contributed by atoms with Crippen molar-refractivity contribution in [3.8, 4) is 11.5 Å². The molecule has 0 aliphatic rings. The van der Waals surface area contributed by atoms with Gasteiger partial charge in [-0.2, -0.15) is 0 Å². The smallest absolute Gasteiger partial charge is 0.178 e. The van der Waals surface area contributed by atoms with Crippen molar-refractivity contribution in [1.29, 1.82) is 0 Å². The summed E-state index contributed by atoms with van der Waals surface area (Å²) in [5.74, 6) is 0.568. The number of aromatic nitrogens is 3. The molecule has 0 bridgehead atoms. The molecular weight excluding hydrogens is 226 g/mol. The van der Waals surface area contributed by atoms with Crippen molar-refractivity contribution in [1.82, 2.24) is 15.0 Å². The Morgan fingerprint density at radius 2 is 1.72 bits per heavy atom. The highest BCUT2D eigenvalue weighted by molar-refractivity contribution is 5.80. The lowest BCUT2D eigenvalue weighted by molar-refractivity contribution is 0.281.